The summed E-state index contributed by atoms with van der Waals surface area (Å²) in [4.78, 5) is 11.3. The number of hydrogen-bond acceptors (Lipinski definition) is 4. The van der Waals surface area contributed by atoms with Gasteiger partial charge in [-0.2, -0.15) is 0 Å². The molecule has 0 radical (unpaired) electrons. The van der Waals surface area contributed by atoms with Gasteiger partial charge in [0.25, 0.3) is 10.0 Å². The Morgan fingerprint density at radius 2 is 1.53 bits per heavy atom. The minimum absolute atomic E-state index is 0.0628. The molecule has 5 rings (SSSR count). The Hall–Kier alpha value is -3.78. The van der Waals surface area contributed by atoms with Crippen LogP contribution in [-0.2, 0) is 21.2 Å². The number of rotatable bonds is 8. The molecule has 5 aromatic rings. The van der Waals surface area contributed by atoms with Crippen LogP contribution in [0.15, 0.2) is 102 Å². The van der Waals surface area contributed by atoms with Crippen LogP contribution in [0.3, 0.4) is 0 Å². The summed E-state index contributed by atoms with van der Waals surface area (Å²) in [6.45, 7) is 0. The van der Waals surface area contributed by atoms with Crippen LogP contribution in [0.2, 0.25) is 10.0 Å². The second-order valence-electron chi connectivity index (χ2n) is 8.60. The van der Waals surface area contributed by atoms with Crippen molar-refractivity contribution in [1.29, 1.82) is 0 Å². The third-order valence-corrected chi connectivity index (χ3v) is 8.50. The Labute approximate surface area is 229 Å². The second-order valence-corrected chi connectivity index (χ2v) is 11.2. The van der Waals surface area contributed by atoms with Crippen LogP contribution < -0.4 is 4.74 Å². The van der Waals surface area contributed by atoms with Crippen LogP contribution in [0.25, 0.3) is 22.0 Å². The number of fused-ring (bicyclic) bond motifs is 1. The molecule has 0 fully saturated rings. The summed E-state index contributed by atoms with van der Waals surface area (Å²) in [5.41, 5.74) is 3.00. The van der Waals surface area contributed by atoms with Crippen molar-refractivity contribution >= 4 is 50.1 Å². The largest absolute Gasteiger partial charge is 0.481 e. The molecule has 4 aromatic carbocycles. The first kappa shape index (κ1) is 25.9. The van der Waals surface area contributed by atoms with Crippen LogP contribution in [-0.4, -0.2) is 23.5 Å². The van der Waals surface area contributed by atoms with E-state index in [1.54, 1.807) is 36.4 Å². The molecule has 38 heavy (non-hydrogen) atoms. The predicted molar refractivity (Wildman–Crippen MR) is 149 cm³/mol. The molecular weight excluding hydrogens is 545 g/mol. The number of carboxylic acid groups (broad SMARTS) is 1. The van der Waals surface area contributed by atoms with Gasteiger partial charge in [-0.25, -0.2) is 12.4 Å². The summed E-state index contributed by atoms with van der Waals surface area (Å²) < 4.78 is 34.3. The van der Waals surface area contributed by atoms with Crippen LogP contribution in [0.1, 0.15) is 12.0 Å². The van der Waals surface area contributed by atoms with Gasteiger partial charge in [0.15, 0.2) is 0 Å². The lowest BCUT2D eigenvalue weighted by molar-refractivity contribution is -0.136. The number of carboxylic acids is 1. The van der Waals surface area contributed by atoms with Gasteiger partial charge in [-0.05, 0) is 71.6 Å². The summed E-state index contributed by atoms with van der Waals surface area (Å²) in [5, 5.41) is 10.7. The quantitative estimate of drug-likeness (QED) is 0.208. The number of benzene rings is 4. The molecule has 0 aliphatic carbocycles. The highest BCUT2D eigenvalue weighted by atomic mass is 35.5. The molecule has 0 unspecified atom stereocenters. The Bertz CT molecular complexity index is 1750. The molecule has 0 aliphatic rings. The van der Waals surface area contributed by atoms with Gasteiger partial charge in [-0.3, -0.25) is 4.79 Å². The van der Waals surface area contributed by atoms with E-state index in [-0.39, 0.29) is 17.7 Å². The van der Waals surface area contributed by atoms with Crippen molar-refractivity contribution in [3.8, 4) is 22.6 Å². The molecule has 0 bridgehead atoms. The van der Waals surface area contributed by atoms with Gasteiger partial charge in [0.05, 0.1) is 20.5 Å². The van der Waals surface area contributed by atoms with Crippen molar-refractivity contribution < 1.29 is 23.1 Å². The van der Waals surface area contributed by atoms with E-state index in [1.807, 2.05) is 42.5 Å². The highest BCUT2D eigenvalue weighted by molar-refractivity contribution is 7.90. The SMILES string of the molecule is O=C(O)CCc1cn(S(=O)(=O)c2ccc(Oc3ccc(Cl)c(Cl)c3)cc2)c2ccc(-c3ccccc3)cc12. The van der Waals surface area contributed by atoms with Gasteiger partial charge in [0.2, 0.25) is 0 Å². The normalized spacial score (nSPS) is 11.5. The van der Waals surface area contributed by atoms with Crippen molar-refractivity contribution in [2.75, 3.05) is 0 Å². The number of aliphatic carboxylic acids is 1. The topological polar surface area (TPSA) is 85.6 Å². The average Bonchev–Trinajstić information content (AvgIpc) is 3.29. The maximum atomic E-state index is 13.7. The van der Waals surface area contributed by atoms with Crippen molar-refractivity contribution in [3.05, 3.63) is 113 Å². The molecule has 1 N–H and O–H groups in total. The van der Waals surface area contributed by atoms with Crippen LogP contribution in [0.4, 0.5) is 0 Å². The van der Waals surface area contributed by atoms with Gasteiger partial charge in [-0.1, -0.05) is 59.6 Å². The van der Waals surface area contributed by atoms with E-state index in [2.05, 4.69) is 0 Å². The lowest BCUT2D eigenvalue weighted by Gasteiger charge is -2.10. The lowest BCUT2D eigenvalue weighted by atomic mass is 10.0. The molecular formula is C29H21Cl2NO5S. The first-order valence-corrected chi connectivity index (χ1v) is 13.8. The van der Waals surface area contributed by atoms with Gasteiger partial charge in [-0.15, -0.1) is 0 Å². The average molecular weight is 566 g/mol. The van der Waals surface area contributed by atoms with Crippen molar-refractivity contribution in [1.82, 2.24) is 3.97 Å². The molecule has 0 aliphatic heterocycles. The fourth-order valence-corrected chi connectivity index (χ4v) is 5.86. The van der Waals surface area contributed by atoms with E-state index in [0.717, 1.165) is 11.1 Å². The zero-order chi connectivity index (χ0) is 26.9. The van der Waals surface area contributed by atoms with E-state index < -0.39 is 16.0 Å². The fraction of sp³-hybridized carbons (Fsp3) is 0.0690. The Morgan fingerprint density at radius 3 is 2.21 bits per heavy atom. The van der Waals surface area contributed by atoms with Crippen molar-refractivity contribution in [2.24, 2.45) is 0 Å². The molecule has 0 amide bonds. The van der Waals surface area contributed by atoms with Gasteiger partial charge in [0.1, 0.15) is 11.5 Å². The monoisotopic (exact) mass is 565 g/mol. The number of aromatic nitrogens is 1. The molecule has 0 spiro atoms. The highest BCUT2D eigenvalue weighted by Crippen LogP contribution is 2.33. The van der Waals surface area contributed by atoms with Gasteiger partial charge < -0.3 is 9.84 Å². The van der Waals surface area contributed by atoms with E-state index >= 15 is 0 Å². The minimum atomic E-state index is -3.99. The fourth-order valence-electron chi connectivity index (χ4n) is 4.19. The molecule has 9 heteroatoms. The third kappa shape index (κ3) is 5.27. The Morgan fingerprint density at radius 1 is 0.816 bits per heavy atom. The third-order valence-electron chi connectivity index (χ3n) is 6.08. The zero-order valence-corrected chi connectivity index (χ0v) is 22.2. The molecule has 192 valence electrons. The zero-order valence-electron chi connectivity index (χ0n) is 19.8. The number of carbonyl (C=O) groups is 1. The number of hydrogen-bond donors (Lipinski definition) is 1. The summed E-state index contributed by atoms with van der Waals surface area (Å²) in [6, 6.07) is 26.1. The first-order valence-electron chi connectivity index (χ1n) is 11.6. The minimum Gasteiger partial charge on any atom is -0.481 e. The maximum Gasteiger partial charge on any atom is 0.303 e. The molecule has 0 saturated heterocycles. The molecule has 1 aromatic heterocycles. The van der Waals surface area contributed by atoms with Gasteiger partial charge >= 0.3 is 5.97 Å². The van der Waals surface area contributed by atoms with Crippen molar-refractivity contribution in [2.45, 2.75) is 17.7 Å². The molecule has 1 heterocycles. The van der Waals surface area contributed by atoms with E-state index in [4.69, 9.17) is 27.9 Å². The lowest BCUT2D eigenvalue weighted by Crippen LogP contribution is -2.11. The predicted octanol–water partition coefficient (Wildman–Crippen LogP) is 7.66. The van der Waals surface area contributed by atoms with Crippen LogP contribution in [0.5, 0.6) is 11.5 Å². The summed E-state index contributed by atoms with van der Waals surface area (Å²) >= 11 is 12.0. The van der Waals surface area contributed by atoms with Crippen LogP contribution >= 0.6 is 23.2 Å². The summed E-state index contributed by atoms with van der Waals surface area (Å²) in [7, 11) is -3.99. The number of aryl methyl sites for hydroxylation is 1. The van der Waals surface area contributed by atoms with E-state index in [9.17, 15) is 18.3 Å². The Kier molecular flexibility index (Phi) is 7.17. The van der Waals surface area contributed by atoms with Crippen LogP contribution in [0, 0.1) is 0 Å². The molecule has 0 saturated carbocycles. The standard InChI is InChI=1S/C29H21Cl2NO5S/c30-26-13-10-23(17-27(26)31)37-22-8-11-24(12-9-22)38(35,36)32-18-21(7-15-29(33)34)25-16-20(6-14-28(25)32)19-4-2-1-3-5-19/h1-6,8-14,16-18H,7,15H2,(H,33,34). The molecule has 6 nitrogen and oxygen atoms in total. The smallest absolute Gasteiger partial charge is 0.303 e. The summed E-state index contributed by atoms with van der Waals surface area (Å²) in [5.74, 6) is -0.0661. The van der Waals surface area contributed by atoms with E-state index in [0.29, 0.717) is 38.0 Å². The van der Waals surface area contributed by atoms with Gasteiger partial charge in [0, 0.05) is 24.1 Å². The number of halogens is 2. The van der Waals surface area contributed by atoms with Crippen molar-refractivity contribution in [3.63, 3.8) is 0 Å². The number of ether oxygens (including phenoxy) is 1. The molecule has 0 atom stereocenters. The highest BCUT2D eigenvalue weighted by Gasteiger charge is 2.22. The summed E-state index contributed by atoms with van der Waals surface area (Å²) in [6.07, 6.45) is 1.59. The Balaban J connectivity index is 1.51. The second kappa shape index (κ2) is 10.5. The van der Waals surface area contributed by atoms with E-state index in [1.165, 1.54) is 22.3 Å². The maximum absolute atomic E-state index is 13.7. The number of nitrogens with zero attached hydrogens (tertiary/aromatic N) is 1. The first-order chi connectivity index (χ1) is 18.2.